The van der Waals surface area contributed by atoms with Crippen molar-refractivity contribution >= 4 is 72.7 Å². The summed E-state index contributed by atoms with van der Waals surface area (Å²) in [4.78, 5) is 25.0. The third-order valence-corrected chi connectivity index (χ3v) is 5.61. The molecular formula is C24H16Br2ClN3O3. The highest BCUT2D eigenvalue weighted by Gasteiger charge is 2.16. The van der Waals surface area contributed by atoms with Crippen LogP contribution < -0.4 is 15.4 Å². The van der Waals surface area contributed by atoms with E-state index in [-0.39, 0.29) is 18.1 Å². The maximum absolute atomic E-state index is 12.7. The van der Waals surface area contributed by atoms with Gasteiger partial charge in [0.05, 0.1) is 15.2 Å². The van der Waals surface area contributed by atoms with Gasteiger partial charge >= 0.3 is 0 Å². The molecule has 6 nitrogen and oxygen atoms in total. The van der Waals surface area contributed by atoms with Gasteiger partial charge in [0, 0.05) is 15.7 Å². The molecule has 0 radical (unpaired) electrons. The number of ether oxygens (including phenoxy) is 1. The summed E-state index contributed by atoms with van der Waals surface area (Å²) in [7, 11) is 0. The van der Waals surface area contributed by atoms with Crippen molar-refractivity contribution in [2.45, 2.75) is 0 Å². The minimum Gasteiger partial charge on any atom is -0.482 e. The van der Waals surface area contributed by atoms with E-state index in [2.05, 4.69) is 42.5 Å². The minimum atomic E-state index is -0.630. The van der Waals surface area contributed by atoms with Crippen molar-refractivity contribution in [2.24, 2.45) is 0 Å². The van der Waals surface area contributed by atoms with Crippen molar-refractivity contribution in [3.05, 3.63) is 91.8 Å². The first-order valence-corrected chi connectivity index (χ1v) is 11.5. The second-order valence-electron chi connectivity index (χ2n) is 6.61. The summed E-state index contributed by atoms with van der Waals surface area (Å²) in [6.07, 6.45) is 1.38. The molecule has 0 saturated heterocycles. The molecule has 0 fully saturated rings. The first kappa shape index (κ1) is 24.5. The molecule has 0 aliphatic carbocycles. The third-order valence-electron chi connectivity index (χ3n) is 4.23. The SMILES string of the molecule is N#C/C(=C\c1cc(Br)cc(Br)c1OCC(=O)Nc1ccccc1)C(=O)Nc1ccccc1Cl. The van der Waals surface area contributed by atoms with Crippen molar-refractivity contribution in [1.29, 1.82) is 5.26 Å². The fourth-order valence-electron chi connectivity index (χ4n) is 2.75. The normalized spacial score (nSPS) is 10.8. The lowest BCUT2D eigenvalue weighted by molar-refractivity contribution is -0.118. The summed E-state index contributed by atoms with van der Waals surface area (Å²) in [5.41, 5.74) is 1.28. The van der Waals surface area contributed by atoms with E-state index in [0.717, 1.165) is 0 Å². The average molecular weight is 590 g/mol. The summed E-state index contributed by atoms with van der Waals surface area (Å²) in [6.45, 7) is -0.274. The van der Waals surface area contributed by atoms with Gasteiger partial charge in [-0.25, -0.2) is 0 Å². The molecule has 0 aliphatic rings. The van der Waals surface area contributed by atoms with Crippen molar-refractivity contribution < 1.29 is 14.3 Å². The molecule has 166 valence electrons. The van der Waals surface area contributed by atoms with Crippen molar-refractivity contribution in [3.8, 4) is 11.8 Å². The van der Waals surface area contributed by atoms with Crippen LogP contribution >= 0.6 is 43.5 Å². The monoisotopic (exact) mass is 587 g/mol. The Balaban J connectivity index is 1.82. The Kier molecular flexibility index (Phi) is 8.66. The molecule has 0 spiro atoms. The van der Waals surface area contributed by atoms with E-state index in [4.69, 9.17) is 16.3 Å². The van der Waals surface area contributed by atoms with E-state index in [0.29, 0.717) is 36.7 Å². The van der Waals surface area contributed by atoms with Crippen LogP contribution in [0.4, 0.5) is 11.4 Å². The standard InChI is InChI=1S/C24H16Br2ClN3O3/c25-17-11-15(10-16(13-28)24(32)30-21-9-5-4-8-20(21)27)23(19(26)12-17)33-14-22(31)29-18-6-2-1-3-7-18/h1-12H,14H2,(H,29,31)(H,30,32)/b16-10+. The van der Waals surface area contributed by atoms with Crippen LogP contribution in [0.15, 0.2) is 81.2 Å². The molecule has 2 amide bonds. The number of anilines is 2. The molecule has 3 rings (SSSR count). The molecule has 3 aromatic rings. The van der Waals surface area contributed by atoms with Crippen LogP contribution in [0.25, 0.3) is 6.08 Å². The smallest absolute Gasteiger partial charge is 0.266 e. The summed E-state index contributed by atoms with van der Waals surface area (Å²) in [6, 6.07) is 21.0. The second-order valence-corrected chi connectivity index (χ2v) is 8.79. The number of hydrogen-bond donors (Lipinski definition) is 2. The molecule has 0 saturated carbocycles. The Labute approximate surface area is 212 Å². The highest BCUT2D eigenvalue weighted by Crippen LogP contribution is 2.34. The van der Waals surface area contributed by atoms with Gasteiger partial charge in [0.15, 0.2) is 6.61 Å². The van der Waals surface area contributed by atoms with E-state index in [1.807, 2.05) is 24.3 Å². The van der Waals surface area contributed by atoms with Gasteiger partial charge in [0.1, 0.15) is 17.4 Å². The number of nitrogens with zero attached hydrogens (tertiary/aromatic N) is 1. The lowest BCUT2D eigenvalue weighted by Gasteiger charge is -2.13. The lowest BCUT2D eigenvalue weighted by atomic mass is 10.1. The first-order valence-electron chi connectivity index (χ1n) is 9.52. The van der Waals surface area contributed by atoms with Crippen LogP contribution in [0.2, 0.25) is 5.02 Å². The largest absolute Gasteiger partial charge is 0.482 e. The summed E-state index contributed by atoms with van der Waals surface area (Å²) in [5.74, 6) is -0.683. The zero-order chi connectivity index (χ0) is 23.8. The molecule has 0 aromatic heterocycles. The van der Waals surface area contributed by atoms with Gasteiger partial charge in [-0.15, -0.1) is 0 Å². The fourth-order valence-corrected chi connectivity index (χ4v) is 4.31. The topological polar surface area (TPSA) is 91.2 Å². The number of nitrogens with one attached hydrogen (secondary N) is 2. The number of para-hydroxylation sites is 2. The van der Waals surface area contributed by atoms with Gasteiger partial charge in [-0.05, 0) is 58.4 Å². The molecule has 33 heavy (non-hydrogen) atoms. The van der Waals surface area contributed by atoms with Crippen molar-refractivity contribution in [2.75, 3.05) is 17.2 Å². The van der Waals surface area contributed by atoms with E-state index < -0.39 is 5.91 Å². The quantitative estimate of drug-likeness (QED) is 0.246. The van der Waals surface area contributed by atoms with Crippen molar-refractivity contribution in [1.82, 2.24) is 0 Å². The highest BCUT2D eigenvalue weighted by atomic mass is 79.9. The number of nitriles is 1. The van der Waals surface area contributed by atoms with Crippen LogP contribution in [0, 0.1) is 11.3 Å². The van der Waals surface area contributed by atoms with Crippen LogP contribution in [0.1, 0.15) is 5.56 Å². The highest BCUT2D eigenvalue weighted by molar-refractivity contribution is 9.11. The van der Waals surface area contributed by atoms with Gasteiger partial charge in [0.25, 0.3) is 11.8 Å². The molecule has 3 aromatic carbocycles. The number of rotatable bonds is 7. The molecule has 0 unspecified atom stereocenters. The second kappa shape index (κ2) is 11.7. The Morgan fingerprint density at radius 3 is 2.42 bits per heavy atom. The molecule has 2 N–H and O–H groups in total. The van der Waals surface area contributed by atoms with Crippen LogP contribution in [0.3, 0.4) is 0 Å². The lowest BCUT2D eigenvalue weighted by Crippen LogP contribution is -2.20. The van der Waals surface area contributed by atoms with Crippen LogP contribution in [0.5, 0.6) is 5.75 Å². The van der Waals surface area contributed by atoms with E-state index in [1.54, 1.807) is 48.5 Å². The van der Waals surface area contributed by atoms with Gasteiger partial charge < -0.3 is 15.4 Å². The van der Waals surface area contributed by atoms with Gasteiger partial charge in [-0.1, -0.05) is 57.9 Å². The third kappa shape index (κ3) is 6.93. The Morgan fingerprint density at radius 1 is 1.03 bits per heavy atom. The maximum Gasteiger partial charge on any atom is 0.266 e. The maximum atomic E-state index is 12.7. The number of hydrogen-bond acceptors (Lipinski definition) is 4. The summed E-state index contributed by atoms with van der Waals surface area (Å²) < 4.78 is 6.96. The van der Waals surface area contributed by atoms with E-state index in [1.165, 1.54) is 6.08 Å². The molecule has 0 atom stereocenters. The molecular weight excluding hydrogens is 574 g/mol. The zero-order valence-electron chi connectivity index (χ0n) is 16.9. The number of amides is 2. The van der Waals surface area contributed by atoms with Gasteiger partial charge in [-0.3, -0.25) is 9.59 Å². The molecule has 9 heteroatoms. The Morgan fingerprint density at radius 2 is 1.73 bits per heavy atom. The predicted octanol–water partition coefficient (Wildman–Crippen LogP) is 6.43. The van der Waals surface area contributed by atoms with Crippen molar-refractivity contribution in [3.63, 3.8) is 0 Å². The number of benzene rings is 3. The summed E-state index contributed by atoms with van der Waals surface area (Å²) in [5, 5.41) is 15.3. The van der Waals surface area contributed by atoms with Gasteiger partial charge in [0.2, 0.25) is 0 Å². The van der Waals surface area contributed by atoms with Gasteiger partial charge in [-0.2, -0.15) is 5.26 Å². The number of halogens is 3. The average Bonchev–Trinajstić information content (AvgIpc) is 2.78. The Bertz CT molecular complexity index is 1260. The predicted molar refractivity (Wildman–Crippen MR) is 136 cm³/mol. The molecule has 0 bridgehead atoms. The van der Waals surface area contributed by atoms with E-state index in [9.17, 15) is 14.9 Å². The van der Waals surface area contributed by atoms with Crippen LogP contribution in [-0.4, -0.2) is 18.4 Å². The summed E-state index contributed by atoms with van der Waals surface area (Å²) >= 11 is 12.9. The van der Waals surface area contributed by atoms with E-state index >= 15 is 0 Å². The zero-order valence-corrected chi connectivity index (χ0v) is 20.9. The Hall–Kier alpha value is -3.12. The number of carbonyl (C=O) groups excluding carboxylic acids is 2. The van der Waals surface area contributed by atoms with Crippen LogP contribution in [-0.2, 0) is 9.59 Å². The number of carbonyl (C=O) groups is 2. The fraction of sp³-hybridized carbons (Fsp3) is 0.0417. The molecule has 0 aliphatic heterocycles. The molecule has 0 heterocycles. The first-order chi connectivity index (χ1) is 15.9. The minimum absolute atomic E-state index is 0.168.